The Morgan fingerprint density at radius 1 is 1.14 bits per heavy atom. The smallest absolute Gasteiger partial charge is 0.238 e. The summed E-state index contributed by atoms with van der Waals surface area (Å²) in [4.78, 5) is 0.135. The predicted octanol–water partition coefficient (Wildman–Crippen LogP) is 2.05. The number of nitrogens with one attached hydrogen (secondary N) is 1. The number of sulfonamides is 1. The van der Waals surface area contributed by atoms with E-state index in [0.717, 1.165) is 25.1 Å². The summed E-state index contributed by atoms with van der Waals surface area (Å²) in [7, 11) is -3.62. The Bertz CT molecular complexity index is 512. The molecule has 0 fully saturated rings. The fraction of sp³-hybridized carbons (Fsp3) is 0.600. The first kappa shape index (κ1) is 18.1. The average Bonchev–Trinajstić information content (AvgIpc) is 2.41. The molecule has 0 amide bonds. The van der Waals surface area contributed by atoms with Gasteiger partial charge in [0.1, 0.15) is 0 Å². The summed E-state index contributed by atoms with van der Waals surface area (Å²) < 4.78 is 27.9. The molecule has 0 saturated heterocycles. The zero-order chi connectivity index (χ0) is 15.9. The van der Waals surface area contributed by atoms with Gasteiger partial charge in [0, 0.05) is 19.2 Å². The summed E-state index contributed by atoms with van der Waals surface area (Å²) >= 11 is 0. The van der Waals surface area contributed by atoms with Gasteiger partial charge in [0.2, 0.25) is 10.0 Å². The first-order chi connectivity index (χ1) is 9.80. The lowest BCUT2D eigenvalue weighted by molar-refractivity contribution is 0.123. The molecule has 0 bridgehead atoms. The summed E-state index contributed by atoms with van der Waals surface area (Å²) in [5.74, 6) is 0.661. The van der Waals surface area contributed by atoms with Gasteiger partial charge in [-0.2, -0.15) is 0 Å². The standard InChI is InChI=1S/C15H26N2O3S/c1-12(2)8-10-20-11-9-17-13(3)14-4-6-15(7-5-14)21(16,18)19/h4-7,12-13,17H,8-11H2,1-3H3,(H2,16,18,19). The van der Waals surface area contributed by atoms with E-state index < -0.39 is 10.0 Å². The maximum Gasteiger partial charge on any atom is 0.238 e. The largest absolute Gasteiger partial charge is 0.380 e. The van der Waals surface area contributed by atoms with Gasteiger partial charge in [0.05, 0.1) is 11.5 Å². The van der Waals surface area contributed by atoms with Gasteiger partial charge < -0.3 is 10.1 Å². The number of hydrogen-bond donors (Lipinski definition) is 2. The zero-order valence-corrected chi connectivity index (χ0v) is 13.8. The van der Waals surface area contributed by atoms with Gasteiger partial charge in [-0.15, -0.1) is 0 Å². The first-order valence-corrected chi connectivity index (χ1v) is 8.79. The number of benzene rings is 1. The van der Waals surface area contributed by atoms with E-state index in [1.165, 1.54) is 12.1 Å². The molecule has 6 heteroatoms. The minimum Gasteiger partial charge on any atom is -0.380 e. The van der Waals surface area contributed by atoms with Crippen LogP contribution in [-0.2, 0) is 14.8 Å². The van der Waals surface area contributed by atoms with Crippen LogP contribution in [0.3, 0.4) is 0 Å². The Balaban J connectivity index is 2.34. The van der Waals surface area contributed by atoms with Crippen molar-refractivity contribution >= 4 is 10.0 Å². The average molecular weight is 314 g/mol. The normalized spacial score (nSPS) is 13.6. The molecular formula is C15H26N2O3S. The molecular weight excluding hydrogens is 288 g/mol. The number of hydrogen-bond acceptors (Lipinski definition) is 4. The number of primary sulfonamides is 1. The van der Waals surface area contributed by atoms with Crippen molar-refractivity contribution in [2.24, 2.45) is 11.1 Å². The van der Waals surface area contributed by atoms with Gasteiger partial charge in [-0.3, -0.25) is 0 Å². The predicted molar refractivity (Wildman–Crippen MR) is 84.5 cm³/mol. The zero-order valence-electron chi connectivity index (χ0n) is 13.0. The van der Waals surface area contributed by atoms with Gasteiger partial charge in [-0.05, 0) is 37.0 Å². The van der Waals surface area contributed by atoms with Crippen LogP contribution in [0.15, 0.2) is 29.2 Å². The second kappa shape index (κ2) is 8.48. The van der Waals surface area contributed by atoms with E-state index in [2.05, 4.69) is 19.2 Å². The van der Waals surface area contributed by atoms with E-state index >= 15 is 0 Å². The summed E-state index contributed by atoms with van der Waals surface area (Å²) in [6, 6.07) is 6.74. The lowest BCUT2D eigenvalue weighted by atomic mass is 10.1. The molecule has 0 radical (unpaired) electrons. The second-order valence-electron chi connectivity index (χ2n) is 5.58. The third kappa shape index (κ3) is 7.04. The molecule has 0 aliphatic rings. The quantitative estimate of drug-likeness (QED) is 0.684. The highest BCUT2D eigenvalue weighted by molar-refractivity contribution is 7.89. The lowest BCUT2D eigenvalue weighted by Crippen LogP contribution is -2.23. The van der Waals surface area contributed by atoms with Gasteiger partial charge >= 0.3 is 0 Å². The van der Waals surface area contributed by atoms with Gasteiger partial charge in [-0.25, -0.2) is 13.6 Å². The Hall–Kier alpha value is -0.950. The molecule has 1 aromatic carbocycles. The molecule has 1 rings (SSSR count). The minimum atomic E-state index is -3.62. The molecule has 1 atom stereocenters. The van der Waals surface area contributed by atoms with Gasteiger partial charge in [-0.1, -0.05) is 26.0 Å². The van der Waals surface area contributed by atoms with Crippen LogP contribution in [0.1, 0.15) is 38.8 Å². The van der Waals surface area contributed by atoms with Gasteiger partial charge in [0.15, 0.2) is 0 Å². The van der Waals surface area contributed by atoms with Crippen LogP contribution in [-0.4, -0.2) is 28.2 Å². The highest BCUT2D eigenvalue weighted by Gasteiger charge is 2.09. The summed E-state index contributed by atoms with van der Waals surface area (Å²) in [6.07, 6.45) is 1.07. The highest BCUT2D eigenvalue weighted by Crippen LogP contribution is 2.15. The number of rotatable bonds is 9. The Morgan fingerprint density at radius 3 is 2.29 bits per heavy atom. The summed E-state index contributed by atoms with van der Waals surface area (Å²) in [5.41, 5.74) is 1.02. The van der Waals surface area contributed by atoms with Crippen molar-refractivity contribution in [3.05, 3.63) is 29.8 Å². The van der Waals surface area contributed by atoms with E-state index in [1.54, 1.807) is 12.1 Å². The van der Waals surface area contributed by atoms with Gasteiger partial charge in [0.25, 0.3) is 0 Å². The van der Waals surface area contributed by atoms with Crippen LogP contribution in [0, 0.1) is 5.92 Å². The molecule has 0 heterocycles. The minimum absolute atomic E-state index is 0.133. The monoisotopic (exact) mass is 314 g/mol. The van der Waals surface area contributed by atoms with E-state index in [-0.39, 0.29) is 10.9 Å². The van der Waals surface area contributed by atoms with Crippen LogP contribution in [0.4, 0.5) is 0 Å². The van der Waals surface area contributed by atoms with Crippen LogP contribution >= 0.6 is 0 Å². The molecule has 120 valence electrons. The fourth-order valence-electron chi connectivity index (χ4n) is 1.83. The van der Waals surface area contributed by atoms with Crippen LogP contribution in [0.25, 0.3) is 0 Å². The lowest BCUT2D eigenvalue weighted by Gasteiger charge is -2.15. The van der Waals surface area contributed by atoms with Crippen molar-refractivity contribution in [1.82, 2.24) is 5.32 Å². The Labute approximate surface area is 127 Å². The Morgan fingerprint density at radius 2 is 1.76 bits per heavy atom. The summed E-state index contributed by atoms with van der Waals surface area (Å²) in [5, 5.41) is 8.41. The Kier molecular flexibility index (Phi) is 7.31. The van der Waals surface area contributed by atoms with E-state index in [1.807, 2.05) is 6.92 Å². The molecule has 0 saturated carbocycles. The van der Waals surface area contributed by atoms with Crippen LogP contribution in [0.5, 0.6) is 0 Å². The summed E-state index contributed by atoms with van der Waals surface area (Å²) in [6.45, 7) is 8.60. The maximum atomic E-state index is 11.2. The molecule has 0 spiro atoms. The highest BCUT2D eigenvalue weighted by atomic mass is 32.2. The SMILES string of the molecule is CC(C)CCOCCNC(C)c1ccc(S(N)(=O)=O)cc1. The molecule has 0 aromatic heterocycles. The first-order valence-electron chi connectivity index (χ1n) is 7.24. The molecule has 5 nitrogen and oxygen atoms in total. The fourth-order valence-corrected chi connectivity index (χ4v) is 2.35. The van der Waals surface area contributed by atoms with Crippen molar-refractivity contribution in [3.8, 4) is 0 Å². The molecule has 0 aliphatic carbocycles. The molecule has 0 aliphatic heterocycles. The van der Waals surface area contributed by atoms with Crippen molar-refractivity contribution in [1.29, 1.82) is 0 Å². The van der Waals surface area contributed by atoms with E-state index in [4.69, 9.17) is 9.88 Å². The van der Waals surface area contributed by atoms with Crippen molar-refractivity contribution in [2.75, 3.05) is 19.8 Å². The molecule has 1 aromatic rings. The second-order valence-corrected chi connectivity index (χ2v) is 7.15. The molecule has 21 heavy (non-hydrogen) atoms. The maximum absolute atomic E-state index is 11.2. The number of nitrogens with two attached hydrogens (primary N) is 1. The van der Waals surface area contributed by atoms with Crippen molar-refractivity contribution in [2.45, 2.75) is 38.1 Å². The molecule has 3 N–H and O–H groups in total. The third-order valence-electron chi connectivity index (χ3n) is 3.25. The van der Waals surface area contributed by atoms with Crippen molar-refractivity contribution < 1.29 is 13.2 Å². The molecule has 1 unspecified atom stereocenters. The van der Waals surface area contributed by atoms with E-state index in [9.17, 15) is 8.42 Å². The van der Waals surface area contributed by atoms with Crippen LogP contribution in [0.2, 0.25) is 0 Å². The van der Waals surface area contributed by atoms with E-state index in [0.29, 0.717) is 12.5 Å². The van der Waals surface area contributed by atoms with Crippen LogP contribution < -0.4 is 10.5 Å². The topological polar surface area (TPSA) is 81.4 Å². The third-order valence-corrected chi connectivity index (χ3v) is 4.17. The number of ether oxygens (including phenoxy) is 1. The van der Waals surface area contributed by atoms with Crippen molar-refractivity contribution in [3.63, 3.8) is 0 Å².